The molecule has 0 aliphatic rings. The van der Waals surface area contributed by atoms with Crippen LogP contribution in [0.1, 0.15) is 6.92 Å². The maximum absolute atomic E-state index is 12.6. The number of nitrogens with zero attached hydrogens (tertiary/aromatic N) is 2. The minimum Gasteiger partial charge on any atom is -0.439 e. The number of hydrogen-bond acceptors (Lipinski definition) is 5. The van der Waals surface area contributed by atoms with E-state index < -0.39 is 22.6 Å². The molecule has 1 unspecified atom stereocenters. The van der Waals surface area contributed by atoms with Gasteiger partial charge in [0.05, 0.1) is 7.11 Å². The maximum atomic E-state index is 12.6. The number of benzene rings is 1. The molecule has 7 nitrogen and oxygen atoms in total. The van der Waals surface area contributed by atoms with E-state index in [1.165, 1.54) is 33.0 Å². The number of amidine groups is 1. The van der Waals surface area contributed by atoms with Crippen molar-refractivity contribution in [3.63, 3.8) is 0 Å². The van der Waals surface area contributed by atoms with E-state index in [1.807, 2.05) is 18.2 Å². The smallest absolute Gasteiger partial charge is 0.439 e. The number of urea groups is 2. The van der Waals surface area contributed by atoms with Gasteiger partial charge in [-0.25, -0.2) is 19.7 Å². The van der Waals surface area contributed by atoms with Gasteiger partial charge in [0.25, 0.3) is 0 Å². The van der Waals surface area contributed by atoms with Crippen LogP contribution in [0, 0.1) is 17.4 Å². The van der Waals surface area contributed by atoms with Crippen molar-refractivity contribution >= 4 is 30.0 Å². The fraction of sp³-hybridized carbons (Fsp3) is 0.267. The molecule has 0 heterocycles. The Morgan fingerprint density at radius 3 is 2.39 bits per heavy atom. The Labute approximate surface area is 139 Å². The summed E-state index contributed by atoms with van der Waals surface area (Å²) in [5.41, 5.74) is 0. The summed E-state index contributed by atoms with van der Waals surface area (Å²) in [4.78, 5) is 27.1. The highest BCUT2D eigenvalue weighted by molar-refractivity contribution is 7.98. The van der Waals surface area contributed by atoms with Gasteiger partial charge in [0.15, 0.2) is 6.04 Å². The summed E-state index contributed by atoms with van der Waals surface area (Å²) in [6, 6.07) is 9.54. The van der Waals surface area contributed by atoms with Crippen LogP contribution in [0.5, 0.6) is 0 Å². The molecule has 4 amide bonds. The topological polar surface area (TPSA) is 82.5 Å². The number of imide groups is 1. The first-order valence-electron chi connectivity index (χ1n) is 6.60. The average molecular weight is 335 g/mol. The van der Waals surface area contributed by atoms with Gasteiger partial charge in [-0.1, -0.05) is 18.2 Å². The molecular weight excluding hydrogens is 316 g/mol. The second-order valence-electron chi connectivity index (χ2n) is 4.54. The second-order valence-corrected chi connectivity index (χ2v) is 5.42. The average Bonchev–Trinajstić information content (AvgIpc) is 2.57. The van der Waals surface area contributed by atoms with Gasteiger partial charge < -0.3 is 4.74 Å². The molecule has 8 heteroatoms. The van der Waals surface area contributed by atoms with Gasteiger partial charge in [0.2, 0.25) is 0 Å². The van der Waals surface area contributed by atoms with Gasteiger partial charge in [-0.2, -0.15) is 0 Å². The van der Waals surface area contributed by atoms with Crippen LogP contribution < -0.4 is 4.72 Å². The number of nitrogens with one attached hydrogen (secondary N) is 2. The van der Waals surface area contributed by atoms with E-state index in [4.69, 9.17) is 10.1 Å². The summed E-state index contributed by atoms with van der Waals surface area (Å²) >= 11 is 1.03. The molecule has 122 valence electrons. The highest BCUT2D eigenvalue weighted by Crippen LogP contribution is 2.18. The van der Waals surface area contributed by atoms with E-state index in [0.29, 0.717) is 0 Å². The van der Waals surface area contributed by atoms with Crippen molar-refractivity contribution in [3.8, 4) is 12.0 Å². The van der Waals surface area contributed by atoms with Crippen LogP contribution in [-0.2, 0) is 4.74 Å². The minimum absolute atomic E-state index is 0.579. The minimum atomic E-state index is -1.19. The molecular formula is C15H19N4O3S+. The fourth-order valence-corrected chi connectivity index (χ4v) is 2.31. The Hall–Kier alpha value is -2.50. The number of methoxy groups -OCH3 is 1. The SMILES string of the molecule is CC#C[N+](C(=N)OC)(C(=O)NSc1ccccc1)C(=O)N(C)C. The predicted molar refractivity (Wildman–Crippen MR) is 88.4 cm³/mol. The Kier molecular flexibility index (Phi) is 6.63. The van der Waals surface area contributed by atoms with Crippen LogP contribution >= 0.6 is 11.9 Å². The molecule has 0 saturated carbocycles. The van der Waals surface area contributed by atoms with E-state index >= 15 is 0 Å². The predicted octanol–water partition coefficient (Wildman–Crippen LogP) is 2.46. The lowest BCUT2D eigenvalue weighted by Gasteiger charge is -2.25. The van der Waals surface area contributed by atoms with Crippen LogP contribution in [0.4, 0.5) is 9.59 Å². The fourth-order valence-electron chi connectivity index (χ4n) is 1.68. The molecule has 1 aromatic carbocycles. The molecule has 0 spiro atoms. The van der Waals surface area contributed by atoms with Crippen LogP contribution in [0.15, 0.2) is 35.2 Å². The third-order valence-corrected chi connectivity index (χ3v) is 3.54. The molecule has 23 heavy (non-hydrogen) atoms. The number of rotatable bonds is 2. The molecule has 0 fully saturated rings. The number of carbonyl (C=O) groups excluding carboxylic acids is 2. The largest absolute Gasteiger partial charge is 0.458 e. The summed E-state index contributed by atoms with van der Waals surface area (Å²) in [5, 5.41) is 7.91. The highest BCUT2D eigenvalue weighted by Gasteiger charge is 2.53. The Morgan fingerprint density at radius 2 is 1.91 bits per heavy atom. The quantitative estimate of drug-likeness (QED) is 0.286. The standard InChI is InChI=1S/C15H18N4O3S/c1-5-11-19(13(16)22-4,15(21)18(2)3)14(20)17-23-12-9-7-6-8-10-12/h6-10,16H,1-4H3/p+1. The van der Waals surface area contributed by atoms with Crippen molar-refractivity contribution in [2.75, 3.05) is 21.2 Å². The lowest BCUT2D eigenvalue weighted by Crippen LogP contribution is -2.63. The molecule has 2 N–H and O–H groups in total. The zero-order chi connectivity index (χ0) is 17.5. The summed E-state index contributed by atoms with van der Waals surface area (Å²) in [5.74, 6) is 2.52. The van der Waals surface area contributed by atoms with E-state index in [0.717, 1.165) is 16.8 Å². The molecule has 1 aromatic rings. The van der Waals surface area contributed by atoms with Gasteiger partial charge in [-0.05, 0) is 30.0 Å². The summed E-state index contributed by atoms with van der Waals surface area (Å²) in [7, 11) is 4.17. The van der Waals surface area contributed by atoms with E-state index in [2.05, 4.69) is 16.7 Å². The number of ether oxygens (including phenoxy) is 1. The van der Waals surface area contributed by atoms with Gasteiger partial charge >= 0.3 is 18.1 Å². The van der Waals surface area contributed by atoms with E-state index in [-0.39, 0.29) is 0 Å². The Bertz CT molecular complexity index is 652. The van der Waals surface area contributed by atoms with E-state index in [9.17, 15) is 9.59 Å². The van der Waals surface area contributed by atoms with Crippen LogP contribution in [0.3, 0.4) is 0 Å². The molecule has 0 aliphatic heterocycles. The first-order chi connectivity index (χ1) is 10.9. The number of amides is 4. The lowest BCUT2D eigenvalue weighted by atomic mass is 10.4. The van der Waals surface area contributed by atoms with Crippen LogP contribution in [-0.4, -0.2) is 48.7 Å². The van der Waals surface area contributed by atoms with Crippen molar-refractivity contribution in [1.82, 2.24) is 9.62 Å². The number of hydrogen-bond donors (Lipinski definition) is 2. The summed E-state index contributed by atoms with van der Waals surface area (Å²) in [6.07, 6.45) is 0. The molecule has 0 saturated heterocycles. The number of quaternary nitrogens is 1. The summed E-state index contributed by atoms with van der Waals surface area (Å²) < 4.78 is 6.21. The van der Waals surface area contributed by atoms with Gasteiger partial charge in [0.1, 0.15) is 0 Å². The van der Waals surface area contributed by atoms with Gasteiger partial charge in [-0.15, -0.1) is 0 Å². The molecule has 0 bridgehead atoms. The zero-order valence-corrected chi connectivity index (χ0v) is 14.2. The Morgan fingerprint density at radius 1 is 1.30 bits per heavy atom. The van der Waals surface area contributed by atoms with Crippen LogP contribution in [0.2, 0.25) is 0 Å². The summed E-state index contributed by atoms with van der Waals surface area (Å²) in [6.45, 7) is 1.48. The molecule has 0 aliphatic carbocycles. The first-order valence-corrected chi connectivity index (χ1v) is 7.42. The molecule has 0 radical (unpaired) electrons. The second kappa shape index (κ2) is 8.22. The Balaban J connectivity index is 3.16. The zero-order valence-electron chi connectivity index (χ0n) is 13.4. The van der Waals surface area contributed by atoms with E-state index in [1.54, 1.807) is 12.1 Å². The first kappa shape index (κ1) is 18.5. The third-order valence-electron chi connectivity index (χ3n) is 2.75. The van der Waals surface area contributed by atoms with Crippen molar-refractivity contribution in [3.05, 3.63) is 30.3 Å². The van der Waals surface area contributed by atoms with Gasteiger partial charge in [0, 0.05) is 30.4 Å². The third kappa shape index (κ3) is 4.03. The molecule has 0 aromatic heterocycles. The number of carbonyl (C=O) groups is 2. The lowest BCUT2D eigenvalue weighted by molar-refractivity contribution is -0.608. The maximum Gasteiger partial charge on any atom is 0.458 e. The van der Waals surface area contributed by atoms with Crippen molar-refractivity contribution in [2.24, 2.45) is 0 Å². The normalized spacial score (nSPS) is 12.2. The van der Waals surface area contributed by atoms with Crippen molar-refractivity contribution in [1.29, 1.82) is 5.41 Å². The monoisotopic (exact) mass is 335 g/mol. The molecule has 1 rings (SSSR count). The molecule has 1 atom stereocenters. The highest BCUT2D eigenvalue weighted by atomic mass is 32.2. The van der Waals surface area contributed by atoms with Crippen LogP contribution in [0.25, 0.3) is 0 Å². The van der Waals surface area contributed by atoms with Gasteiger partial charge in [-0.3, -0.25) is 4.90 Å². The van der Waals surface area contributed by atoms with Crippen molar-refractivity contribution < 1.29 is 18.8 Å². The van der Waals surface area contributed by atoms with Crippen molar-refractivity contribution in [2.45, 2.75) is 11.8 Å².